The van der Waals surface area contributed by atoms with Gasteiger partial charge in [0, 0.05) is 4.47 Å². The number of benzene rings is 1. The van der Waals surface area contributed by atoms with Crippen LogP contribution in [0, 0.1) is 6.92 Å². The first-order chi connectivity index (χ1) is 8.38. The van der Waals surface area contributed by atoms with E-state index in [-0.39, 0.29) is 12.4 Å². The molecule has 0 saturated carbocycles. The summed E-state index contributed by atoms with van der Waals surface area (Å²) < 4.78 is 32.8. The van der Waals surface area contributed by atoms with E-state index in [2.05, 4.69) is 15.9 Å². The molecule has 0 atom stereocenters. The van der Waals surface area contributed by atoms with E-state index in [4.69, 9.17) is 14.6 Å². The van der Waals surface area contributed by atoms with Crippen molar-refractivity contribution < 1.29 is 17.9 Å². The fourth-order valence-corrected chi connectivity index (χ4v) is 1.80. The van der Waals surface area contributed by atoms with Crippen molar-refractivity contribution in [3.8, 4) is 5.75 Å². The summed E-state index contributed by atoms with van der Waals surface area (Å²) in [6.45, 7) is 2.75. The van der Waals surface area contributed by atoms with Gasteiger partial charge in [0.05, 0.1) is 19.0 Å². The Labute approximate surface area is 115 Å². The smallest absolute Gasteiger partial charge is 0.211 e. The Balaban J connectivity index is 2.20. The lowest BCUT2D eigenvalue weighted by atomic mass is 10.2. The van der Waals surface area contributed by atoms with Crippen LogP contribution in [0.15, 0.2) is 22.7 Å². The van der Waals surface area contributed by atoms with Crippen LogP contribution in [0.1, 0.15) is 5.56 Å². The van der Waals surface area contributed by atoms with Crippen molar-refractivity contribution in [3.63, 3.8) is 0 Å². The average Bonchev–Trinajstić information content (AvgIpc) is 2.26. The molecule has 0 aliphatic rings. The van der Waals surface area contributed by atoms with Gasteiger partial charge in [-0.1, -0.05) is 15.9 Å². The Bertz CT molecular complexity index is 490. The molecule has 1 aromatic rings. The zero-order chi connectivity index (χ0) is 13.6. The van der Waals surface area contributed by atoms with Crippen LogP contribution in [0.2, 0.25) is 0 Å². The summed E-state index contributed by atoms with van der Waals surface area (Å²) >= 11 is 3.40. The highest BCUT2D eigenvalue weighted by molar-refractivity contribution is 9.10. The van der Waals surface area contributed by atoms with E-state index in [1.807, 2.05) is 25.1 Å². The van der Waals surface area contributed by atoms with Crippen LogP contribution in [-0.2, 0) is 14.8 Å². The molecule has 0 bridgehead atoms. The molecule has 0 aliphatic carbocycles. The quantitative estimate of drug-likeness (QED) is 0.763. The fourth-order valence-electron chi connectivity index (χ4n) is 1.20. The molecule has 0 fully saturated rings. The van der Waals surface area contributed by atoms with Gasteiger partial charge in [0.15, 0.2) is 0 Å². The van der Waals surface area contributed by atoms with Crippen molar-refractivity contribution in [2.45, 2.75) is 6.92 Å². The summed E-state index contributed by atoms with van der Waals surface area (Å²) in [4.78, 5) is 0. The van der Waals surface area contributed by atoms with E-state index in [0.717, 1.165) is 15.8 Å². The molecule has 5 nitrogen and oxygen atoms in total. The molecule has 18 heavy (non-hydrogen) atoms. The first kappa shape index (κ1) is 15.4. The topological polar surface area (TPSA) is 78.6 Å². The lowest BCUT2D eigenvalue weighted by molar-refractivity contribution is 0.111. The van der Waals surface area contributed by atoms with Gasteiger partial charge in [-0.15, -0.1) is 0 Å². The molecule has 0 aromatic heterocycles. The van der Waals surface area contributed by atoms with Gasteiger partial charge in [0.1, 0.15) is 12.4 Å². The van der Waals surface area contributed by atoms with Crippen LogP contribution in [0.3, 0.4) is 0 Å². The van der Waals surface area contributed by atoms with Crippen LogP contribution in [0.5, 0.6) is 5.75 Å². The fraction of sp³-hybridized carbons (Fsp3) is 0.455. The predicted octanol–water partition coefficient (Wildman–Crippen LogP) is 1.44. The van der Waals surface area contributed by atoms with Crippen LogP contribution >= 0.6 is 15.9 Å². The summed E-state index contributed by atoms with van der Waals surface area (Å²) in [5.41, 5.74) is 1.09. The van der Waals surface area contributed by atoms with E-state index in [9.17, 15) is 8.42 Å². The van der Waals surface area contributed by atoms with Gasteiger partial charge in [-0.25, -0.2) is 13.6 Å². The molecule has 0 aliphatic heterocycles. The number of halogens is 1. The molecular weight excluding hydrogens is 322 g/mol. The highest BCUT2D eigenvalue weighted by Gasteiger charge is 2.02. The van der Waals surface area contributed by atoms with Crippen LogP contribution in [-0.4, -0.2) is 34.0 Å². The van der Waals surface area contributed by atoms with E-state index >= 15 is 0 Å². The SMILES string of the molecule is Cc1cc(OCCOCCS(N)(=O)=O)ccc1Br. The predicted molar refractivity (Wildman–Crippen MR) is 73.2 cm³/mol. The molecule has 1 aromatic carbocycles. The van der Waals surface area contributed by atoms with Crippen LogP contribution in [0.4, 0.5) is 0 Å². The van der Waals surface area contributed by atoms with Crippen molar-refractivity contribution in [2.24, 2.45) is 5.14 Å². The molecule has 0 unspecified atom stereocenters. The third-order valence-corrected chi connectivity index (χ3v) is 3.76. The van der Waals surface area contributed by atoms with Gasteiger partial charge in [0.25, 0.3) is 0 Å². The minimum atomic E-state index is -3.44. The van der Waals surface area contributed by atoms with E-state index in [1.54, 1.807) is 0 Å². The number of rotatable bonds is 7. The monoisotopic (exact) mass is 337 g/mol. The number of hydrogen-bond donors (Lipinski definition) is 1. The van der Waals surface area contributed by atoms with Gasteiger partial charge in [-0.3, -0.25) is 0 Å². The Hall–Kier alpha value is -0.630. The first-order valence-corrected chi connectivity index (χ1v) is 7.86. The number of hydrogen-bond acceptors (Lipinski definition) is 4. The van der Waals surface area contributed by atoms with E-state index < -0.39 is 10.0 Å². The van der Waals surface area contributed by atoms with Crippen LogP contribution < -0.4 is 9.88 Å². The second-order valence-electron chi connectivity index (χ2n) is 3.74. The highest BCUT2D eigenvalue weighted by Crippen LogP contribution is 2.21. The summed E-state index contributed by atoms with van der Waals surface area (Å²) in [6, 6.07) is 5.67. The lowest BCUT2D eigenvalue weighted by Gasteiger charge is -2.08. The average molecular weight is 338 g/mol. The minimum absolute atomic E-state index is 0.0849. The molecule has 102 valence electrons. The largest absolute Gasteiger partial charge is 0.491 e. The first-order valence-electron chi connectivity index (χ1n) is 5.35. The minimum Gasteiger partial charge on any atom is -0.491 e. The third kappa shape index (κ3) is 6.34. The lowest BCUT2D eigenvalue weighted by Crippen LogP contribution is -2.21. The summed E-state index contributed by atoms with van der Waals surface area (Å²) in [7, 11) is -3.44. The molecule has 0 amide bonds. The Morgan fingerprint density at radius 2 is 2.00 bits per heavy atom. The maximum atomic E-state index is 10.6. The standard InChI is InChI=1S/C11H16BrNO4S/c1-9-8-10(2-3-11(9)12)17-5-4-16-6-7-18(13,14)15/h2-3,8H,4-7H2,1H3,(H2,13,14,15). The molecule has 0 saturated heterocycles. The summed E-state index contributed by atoms with van der Waals surface area (Å²) in [5.74, 6) is 0.579. The second kappa shape index (κ2) is 7.08. The molecule has 0 radical (unpaired) electrons. The molecule has 0 heterocycles. The Kier molecular flexibility index (Phi) is 6.07. The molecule has 0 spiro atoms. The Morgan fingerprint density at radius 1 is 1.28 bits per heavy atom. The van der Waals surface area contributed by atoms with Crippen molar-refractivity contribution in [3.05, 3.63) is 28.2 Å². The molecule has 7 heteroatoms. The maximum absolute atomic E-state index is 10.6. The molecular formula is C11H16BrNO4S. The Morgan fingerprint density at radius 3 is 2.61 bits per heavy atom. The van der Waals surface area contributed by atoms with E-state index in [1.165, 1.54) is 0 Å². The van der Waals surface area contributed by atoms with E-state index in [0.29, 0.717) is 13.2 Å². The zero-order valence-electron chi connectivity index (χ0n) is 10.1. The highest BCUT2D eigenvalue weighted by atomic mass is 79.9. The maximum Gasteiger partial charge on any atom is 0.211 e. The van der Waals surface area contributed by atoms with Crippen molar-refractivity contribution in [1.29, 1.82) is 0 Å². The van der Waals surface area contributed by atoms with Gasteiger partial charge in [-0.2, -0.15) is 0 Å². The second-order valence-corrected chi connectivity index (χ2v) is 6.33. The van der Waals surface area contributed by atoms with Gasteiger partial charge >= 0.3 is 0 Å². The number of ether oxygens (including phenoxy) is 2. The third-order valence-electron chi connectivity index (χ3n) is 2.14. The van der Waals surface area contributed by atoms with Gasteiger partial charge in [-0.05, 0) is 30.7 Å². The van der Waals surface area contributed by atoms with Gasteiger partial charge < -0.3 is 9.47 Å². The molecule has 1 rings (SSSR count). The van der Waals surface area contributed by atoms with Crippen LogP contribution in [0.25, 0.3) is 0 Å². The molecule has 2 N–H and O–H groups in total. The number of aryl methyl sites for hydroxylation is 1. The summed E-state index contributed by atoms with van der Waals surface area (Å²) in [5, 5.41) is 4.83. The van der Waals surface area contributed by atoms with Crippen molar-refractivity contribution in [1.82, 2.24) is 0 Å². The number of primary sulfonamides is 1. The zero-order valence-corrected chi connectivity index (χ0v) is 12.5. The van der Waals surface area contributed by atoms with Crippen molar-refractivity contribution >= 4 is 26.0 Å². The normalized spacial score (nSPS) is 11.5. The number of nitrogens with two attached hydrogens (primary N) is 1. The van der Waals surface area contributed by atoms with Crippen molar-refractivity contribution in [2.75, 3.05) is 25.6 Å². The van der Waals surface area contributed by atoms with Gasteiger partial charge in [0.2, 0.25) is 10.0 Å². The summed E-state index contributed by atoms with van der Waals surface area (Å²) in [6.07, 6.45) is 0. The number of sulfonamides is 1.